The van der Waals surface area contributed by atoms with E-state index in [4.69, 9.17) is 16.3 Å². The molecule has 1 saturated carbocycles. The van der Waals surface area contributed by atoms with Gasteiger partial charge in [0, 0.05) is 36.1 Å². The van der Waals surface area contributed by atoms with Crippen molar-refractivity contribution in [3.63, 3.8) is 0 Å². The molecule has 3 heterocycles. The van der Waals surface area contributed by atoms with Crippen molar-refractivity contribution < 1.29 is 9.13 Å². The highest BCUT2D eigenvalue weighted by molar-refractivity contribution is 9.10. The maximum absolute atomic E-state index is 13.7. The van der Waals surface area contributed by atoms with Crippen LogP contribution in [0.4, 0.5) is 15.9 Å². The SMILES string of the molecule is Cl.Fc1ccc(Nc2nncc3c2c2cc(OCCCCn4ccnc4)c(Br)cc2n3C2CC2)cc1Cl. The predicted molar refractivity (Wildman–Crippen MR) is 150 cm³/mol. The lowest BCUT2D eigenvalue weighted by Crippen LogP contribution is -2.01. The third-order valence-electron chi connectivity index (χ3n) is 6.39. The van der Waals surface area contributed by atoms with E-state index in [0.717, 1.165) is 64.3 Å². The number of hydrogen-bond donors (Lipinski definition) is 1. The van der Waals surface area contributed by atoms with Gasteiger partial charge in [-0.2, -0.15) is 5.10 Å². The average Bonchev–Trinajstić information content (AvgIpc) is 3.46. The fraction of sp³-hybridized carbons (Fsp3) is 0.269. The molecule has 11 heteroatoms. The molecule has 3 aromatic heterocycles. The van der Waals surface area contributed by atoms with E-state index < -0.39 is 5.82 Å². The lowest BCUT2D eigenvalue weighted by atomic mass is 10.1. The Balaban J connectivity index is 0.00000280. The van der Waals surface area contributed by atoms with Crippen LogP contribution in [-0.4, -0.2) is 30.9 Å². The molecule has 7 nitrogen and oxygen atoms in total. The Bertz CT molecular complexity index is 1550. The van der Waals surface area contributed by atoms with Crippen molar-refractivity contribution >= 4 is 73.2 Å². The van der Waals surface area contributed by atoms with Crippen molar-refractivity contribution in [3.05, 3.63) is 70.6 Å². The van der Waals surface area contributed by atoms with Gasteiger partial charge in [0.1, 0.15) is 11.6 Å². The molecule has 0 saturated heterocycles. The molecule has 6 rings (SSSR count). The minimum absolute atomic E-state index is 0. The third-order valence-corrected chi connectivity index (χ3v) is 7.30. The highest BCUT2D eigenvalue weighted by Gasteiger charge is 2.29. The summed E-state index contributed by atoms with van der Waals surface area (Å²) in [6, 6.07) is 9.14. The van der Waals surface area contributed by atoms with E-state index in [1.807, 2.05) is 12.5 Å². The van der Waals surface area contributed by atoms with E-state index in [1.54, 1.807) is 24.5 Å². The van der Waals surface area contributed by atoms with Gasteiger partial charge in [-0.05, 0) is 71.9 Å². The van der Waals surface area contributed by atoms with Gasteiger partial charge in [0.25, 0.3) is 0 Å². The Morgan fingerprint density at radius 3 is 2.78 bits per heavy atom. The highest BCUT2D eigenvalue weighted by atomic mass is 79.9. The lowest BCUT2D eigenvalue weighted by Gasteiger charge is -2.10. The Hall–Kier alpha value is -2.88. The first-order chi connectivity index (χ1) is 17.6. The Morgan fingerprint density at radius 2 is 2.03 bits per heavy atom. The molecule has 0 bridgehead atoms. The number of imidazole rings is 1. The van der Waals surface area contributed by atoms with Crippen LogP contribution in [0.25, 0.3) is 21.8 Å². The van der Waals surface area contributed by atoms with E-state index in [-0.39, 0.29) is 17.4 Å². The van der Waals surface area contributed by atoms with Crippen molar-refractivity contribution in [2.24, 2.45) is 0 Å². The van der Waals surface area contributed by atoms with Crippen LogP contribution in [0.1, 0.15) is 31.7 Å². The Labute approximate surface area is 232 Å². The molecule has 0 atom stereocenters. The fourth-order valence-electron chi connectivity index (χ4n) is 4.53. The molecule has 0 amide bonds. The summed E-state index contributed by atoms with van der Waals surface area (Å²) in [5.41, 5.74) is 2.74. The average molecular weight is 606 g/mol. The second-order valence-electron chi connectivity index (χ2n) is 8.96. The van der Waals surface area contributed by atoms with Crippen molar-refractivity contribution in [3.8, 4) is 5.75 Å². The Kier molecular flexibility index (Phi) is 7.55. The van der Waals surface area contributed by atoms with Gasteiger partial charge in [-0.1, -0.05) is 11.6 Å². The smallest absolute Gasteiger partial charge is 0.163 e. The summed E-state index contributed by atoms with van der Waals surface area (Å²) in [5, 5.41) is 14.0. The number of benzene rings is 2. The minimum atomic E-state index is -0.464. The lowest BCUT2D eigenvalue weighted by molar-refractivity contribution is 0.302. The zero-order chi connectivity index (χ0) is 24.6. The van der Waals surface area contributed by atoms with E-state index in [9.17, 15) is 4.39 Å². The summed E-state index contributed by atoms with van der Waals surface area (Å²) in [6.45, 7) is 1.53. The molecule has 0 radical (unpaired) electrons. The fourth-order valence-corrected chi connectivity index (χ4v) is 5.16. The normalized spacial score (nSPS) is 13.2. The van der Waals surface area contributed by atoms with E-state index in [2.05, 4.69) is 57.7 Å². The topological polar surface area (TPSA) is 69.8 Å². The number of nitrogens with one attached hydrogen (secondary N) is 1. The van der Waals surface area contributed by atoms with Gasteiger partial charge < -0.3 is 19.2 Å². The molecule has 0 aliphatic heterocycles. The molecule has 1 aliphatic rings. The number of anilines is 2. The standard InChI is InChI=1S/C26H23BrClFN6O.ClH/c27-19-13-22-18(12-24(19)36-10-2-1-8-34-9-7-30-15-34)25-23(35(22)17-4-5-17)14-31-33-26(25)32-16-3-6-21(29)20(28)11-16;/h3,6-7,9,11-15,17H,1-2,4-5,8,10H2,(H,32,33);1H. The molecule has 1 aliphatic carbocycles. The van der Waals surface area contributed by atoms with Crippen molar-refractivity contribution in [1.29, 1.82) is 0 Å². The van der Waals surface area contributed by atoms with Gasteiger partial charge in [0.15, 0.2) is 5.82 Å². The van der Waals surface area contributed by atoms with Crippen LogP contribution in [0.2, 0.25) is 5.02 Å². The monoisotopic (exact) mass is 604 g/mol. The number of hydrogen-bond acceptors (Lipinski definition) is 5. The largest absolute Gasteiger partial charge is 0.492 e. The maximum Gasteiger partial charge on any atom is 0.163 e. The molecular formula is C26H24BrCl2FN6O. The number of aromatic nitrogens is 5. The van der Waals surface area contributed by atoms with Crippen LogP contribution in [-0.2, 0) is 6.54 Å². The van der Waals surface area contributed by atoms with Gasteiger partial charge >= 0.3 is 0 Å². The van der Waals surface area contributed by atoms with Crippen LogP contribution >= 0.6 is 39.9 Å². The van der Waals surface area contributed by atoms with Gasteiger partial charge in [0.05, 0.1) is 45.0 Å². The minimum Gasteiger partial charge on any atom is -0.492 e. The summed E-state index contributed by atoms with van der Waals surface area (Å²) in [4.78, 5) is 4.08. The number of unbranched alkanes of at least 4 members (excludes halogenated alkanes) is 1. The van der Waals surface area contributed by atoms with E-state index >= 15 is 0 Å². The number of fused-ring (bicyclic) bond motifs is 3. The molecule has 1 N–H and O–H groups in total. The first-order valence-electron chi connectivity index (χ1n) is 11.9. The first-order valence-corrected chi connectivity index (χ1v) is 13.0. The third kappa shape index (κ3) is 5.26. The van der Waals surface area contributed by atoms with Gasteiger partial charge in [0.2, 0.25) is 0 Å². The number of rotatable bonds is 9. The number of nitrogens with zero attached hydrogens (tertiary/aromatic N) is 5. The van der Waals surface area contributed by atoms with Crippen LogP contribution < -0.4 is 10.1 Å². The predicted octanol–water partition coefficient (Wildman–Crippen LogP) is 7.70. The molecular weight excluding hydrogens is 582 g/mol. The second-order valence-corrected chi connectivity index (χ2v) is 10.2. The van der Waals surface area contributed by atoms with E-state index in [0.29, 0.717) is 24.2 Å². The molecule has 1 fully saturated rings. The van der Waals surface area contributed by atoms with E-state index in [1.165, 1.54) is 6.07 Å². The molecule has 192 valence electrons. The first kappa shape index (κ1) is 25.8. The second kappa shape index (κ2) is 10.8. The number of ether oxygens (including phenoxy) is 1. The highest BCUT2D eigenvalue weighted by Crippen LogP contribution is 2.46. The summed E-state index contributed by atoms with van der Waals surface area (Å²) in [5.74, 6) is 0.911. The molecule has 5 aromatic rings. The van der Waals surface area contributed by atoms with Crippen LogP contribution in [0.15, 0.2) is 59.7 Å². The van der Waals surface area contributed by atoms with Crippen molar-refractivity contribution in [1.82, 2.24) is 24.3 Å². The zero-order valence-electron chi connectivity index (χ0n) is 19.7. The van der Waals surface area contributed by atoms with Crippen LogP contribution in [0, 0.1) is 5.82 Å². The maximum atomic E-state index is 13.7. The summed E-state index contributed by atoms with van der Waals surface area (Å²) in [6.07, 6.45) is 11.6. The van der Waals surface area contributed by atoms with Gasteiger partial charge in [-0.25, -0.2) is 9.37 Å². The van der Waals surface area contributed by atoms with Crippen molar-refractivity contribution in [2.45, 2.75) is 38.3 Å². The van der Waals surface area contributed by atoms with Crippen LogP contribution in [0.3, 0.4) is 0 Å². The van der Waals surface area contributed by atoms with Crippen LogP contribution in [0.5, 0.6) is 5.75 Å². The van der Waals surface area contributed by atoms with Crippen molar-refractivity contribution in [2.75, 3.05) is 11.9 Å². The number of halogens is 4. The Morgan fingerprint density at radius 1 is 1.16 bits per heavy atom. The van der Waals surface area contributed by atoms with Gasteiger partial charge in [-0.15, -0.1) is 17.5 Å². The molecule has 2 aromatic carbocycles. The molecule has 0 spiro atoms. The van der Waals surface area contributed by atoms with Gasteiger partial charge in [-0.3, -0.25) is 0 Å². The number of aryl methyl sites for hydroxylation is 1. The molecule has 37 heavy (non-hydrogen) atoms. The molecule has 0 unspecified atom stereocenters. The summed E-state index contributed by atoms with van der Waals surface area (Å²) >= 11 is 9.72. The quantitative estimate of drug-likeness (QED) is 0.174. The zero-order valence-corrected chi connectivity index (χ0v) is 22.9. The summed E-state index contributed by atoms with van der Waals surface area (Å²) < 4.78 is 25.2. The summed E-state index contributed by atoms with van der Waals surface area (Å²) in [7, 11) is 0.